The highest BCUT2D eigenvalue weighted by atomic mass is 35.5. The van der Waals surface area contributed by atoms with Gasteiger partial charge < -0.3 is 26.2 Å². The van der Waals surface area contributed by atoms with Crippen LogP contribution in [-0.2, 0) is 9.59 Å². The molecule has 172 valence electrons. The molecule has 7 N–H and O–H groups in total. The lowest BCUT2D eigenvalue weighted by atomic mass is 9.91. The average molecular weight is 463 g/mol. The number of aliphatic hydroxyl groups excluding tert-OH is 1. The quantitative estimate of drug-likeness (QED) is 0.0986. The third kappa shape index (κ3) is 13.0. The maximum absolute atomic E-state index is 12.4. The van der Waals surface area contributed by atoms with E-state index in [1.165, 1.54) is 4.90 Å². The maximum Gasteiger partial charge on any atom is 0.326 e. The predicted molar refractivity (Wildman–Crippen MR) is 112 cm³/mol. The van der Waals surface area contributed by atoms with Crippen LogP contribution in [0.2, 0.25) is 0 Å². The van der Waals surface area contributed by atoms with Crippen molar-refractivity contribution in [2.75, 3.05) is 19.7 Å². The zero-order valence-corrected chi connectivity index (χ0v) is 18.1. The van der Waals surface area contributed by atoms with E-state index in [4.69, 9.17) is 16.2 Å². The Bertz CT molecular complexity index is 528. The molecular formula is C15H32Cl2N6O6. The minimum absolute atomic E-state index is 0. The van der Waals surface area contributed by atoms with Gasteiger partial charge >= 0.3 is 5.97 Å². The van der Waals surface area contributed by atoms with Crippen molar-refractivity contribution >= 4 is 42.7 Å². The van der Waals surface area contributed by atoms with E-state index in [1.807, 2.05) is 6.92 Å². The van der Waals surface area contributed by atoms with Gasteiger partial charge in [-0.3, -0.25) is 10.2 Å². The standard InChI is InChI=1S/C13H24N6O5.C2H6O.2ClH/c1-8-4-6-18(10(7-8)12(21)22)11(20)9(14)3-2-5-16-13(15)17-19(23)24;1-2-3;;/h8-10H,2-7,14H2,1H3,(H,21,22)(H3,15,16,17);3H,2H2,1H3;2*1H/t8-,9+,10-;;;/m1.../s1. The summed E-state index contributed by atoms with van der Waals surface area (Å²) < 4.78 is 0. The summed E-state index contributed by atoms with van der Waals surface area (Å²) in [6.45, 7) is 4.50. The third-order valence-electron chi connectivity index (χ3n) is 3.95. The van der Waals surface area contributed by atoms with E-state index >= 15 is 0 Å². The summed E-state index contributed by atoms with van der Waals surface area (Å²) in [5, 5.41) is 35.8. The fraction of sp³-hybridized carbons (Fsp3) is 0.800. The molecule has 3 atom stereocenters. The third-order valence-corrected chi connectivity index (χ3v) is 3.95. The molecule has 12 nitrogen and oxygen atoms in total. The first kappa shape index (κ1) is 31.8. The van der Waals surface area contributed by atoms with Crippen LogP contribution in [-0.4, -0.2) is 69.8 Å². The number of likely N-dealkylation sites (tertiary alicyclic amines) is 1. The van der Waals surface area contributed by atoms with Gasteiger partial charge in [-0.05, 0) is 38.5 Å². The lowest BCUT2D eigenvalue weighted by Gasteiger charge is -2.37. The summed E-state index contributed by atoms with van der Waals surface area (Å²) in [5.41, 5.74) is 7.50. The van der Waals surface area contributed by atoms with Crippen molar-refractivity contribution in [3.63, 3.8) is 0 Å². The van der Waals surface area contributed by atoms with Gasteiger partial charge in [-0.1, -0.05) is 12.3 Å². The summed E-state index contributed by atoms with van der Waals surface area (Å²) in [4.78, 5) is 35.1. The second kappa shape index (κ2) is 17.0. The number of rotatable bonds is 7. The molecule has 1 rings (SSSR count). The first-order chi connectivity index (χ1) is 12.6. The first-order valence-corrected chi connectivity index (χ1v) is 8.77. The van der Waals surface area contributed by atoms with Gasteiger partial charge in [0.25, 0.3) is 5.96 Å². The van der Waals surface area contributed by atoms with Gasteiger partial charge in [-0.15, -0.1) is 24.8 Å². The number of aliphatic carboxylic acids is 1. The van der Waals surface area contributed by atoms with Crippen LogP contribution < -0.4 is 16.5 Å². The summed E-state index contributed by atoms with van der Waals surface area (Å²) in [5.74, 6) is -1.62. The van der Waals surface area contributed by atoms with Gasteiger partial charge in [0.15, 0.2) is 5.03 Å². The Morgan fingerprint density at radius 3 is 2.45 bits per heavy atom. The fourth-order valence-electron chi connectivity index (χ4n) is 2.64. The number of piperidine rings is 1. The Balaban J connectivity index is -0.00000127. The highest BCUT2D eigenvalue weighted by molar-refractivity contribution is 5.87. The fourth-order valence-corrected chi connectivity index (χ4v) is 2.64. The average Bonchev–Trinajstić information content (AvgIpc) is 2.57. The number of hydrazine groups is 1. The Morgan fingerprint density at radius 1 is 1.41 bits per heavy atom. The number of guanidine groups is 1. The van der Waals surface area contributed by atoms with Gasteiger partial charge in [0.05, 0.1) is 6.04 Å². The van der Waals surface area contributed by atoms with Crippen molar-refractivity contribution in [3.8, 4) is 0 Å². The van der Waals surface area contributed by atoms with E-state index < -0.39 is 35.0 Å². The zero-order valence-electron chi connectivity index (χ0n) is 16.5. The van der Waals surface area contributed by atoms with E-state index in [-0.39, 0.29) is 50.3 Å². The molecule has 0 aliphatic carbocycles. The van der Waals surface area contributed by atoms with Crippen molar-refractivity contribution in [1.29, 1.82) is 5.41 Å². The number of aliphatic hydroxyl groups is 1. The predicted octanol–water partition coefficient (Wildman–Crippen LogP) is -0.0465. The molecule has 0 aromatic carbocycles. The molecule has 0 unspecified atom stereocenters. The maximum atomic E-state index is 12.4. The van der Waals surface area contributed by atoms with Crippen molar-refractivity contribution in [3.05, 3.63) is 10.1 Å². The van der Waals surface area contributed by atoms with Crippen LogP contribution in [0.4, 0.5) is 0 Å². The van der Waals surface area contributed by atoms with Crippen molar-refractivity contribution < 1.29 is 24.8 Å². The number of amides is 1. The van der Waals surface area contributed by atoms with Crippen LogP contribution in [0, 0.1) is 21.4 Å². The molecule has 1 aliphatic rings. The van der Waals surface area contributed by atoms with Crippen LogP contribution in [0.3, 0.4) is 0 Å². The monoisotopic (exact) mass is 462 g/mol. The number of nitrogens with one attached hydrogen (secondary N) is 3. The number of nitro groups is 1. The van der Waals surface area contributed by atoms with E-state index in [2.05, 4.69) is 5.32 Å². The van der Waals surface area contributed by atoms with Gasteiger partial charge in [-0.2, -0.15) is 0 Å². The Labute approximate surface area is 182 Å². The number of hydrogen-bond donors (Lipinski definition) is 6. The molecule has 29 heavy (non-hydrogen) atoms. The SMILES string of the molecule is CCO.C[C@@H]1CCN(C(=O)[C@@H](N)CCCNC(=N)N[N+](=O)[O-])[C@@H](C(=O)O)C1.Cl.Cl. The van der Waals surface area contributed by atoms with E-state index in [1.54, 1.807) is 12.3 Å². The van der Waals surface area contributed by atoms with Crippen LogP contribution in [0.25, 0.3) is 0 Å². The normalized spacial score (nSPS) is 18.6. The lowest BCUT2D eigenvalue weighted by Crippen LogP contribution is -2.54. The lowest BCUT2D eigenvalue weighted by molar-refractivity contribution is -0.525. The Morgan fingerprint density at radius 2 is 1.97 bits per heavy atom. The molecule has 0 radical (unpaired) electrons. The molecule has 1 aliphatic heterocycles. The Hall–Kier alpha value is -1.89. The second-order valence-electron chi connectivity index (χ2n) is 6.25. The number of halogens is 2. The number of carboxylic acids is 1. The molecule has 1 saturated heterocycles. The van der Waals surface area contributed by atoms with Crippen molar-refractivity contribution in [2.45, 2.75) is 51.6 Å². The van der Waals surface area contributed by atoms with Crippen LogP contribution in [0.1, 0.15) is 39.5 Å². The largest absolute Gasteiger partial charge is 0.480 e. The van der Waals surface area contributed by atoms with Gasteiger partial charge in [0, 0.05) is 19.7 Å². The number of carboxylic acid groups (broad SMARTS) is 1. The van der Waals surface area contributed by atoms with Crippen molar-refractivity contribution in [2.24, 2.45) is 11.7 Å². The minimum Gasteiger partial charge on any atom is -0.480 e. The molecule has 1 fully saturated rings. The molecule has 0 saturated carbocycles. The van der Waals surface area contributed by atoms with Crippen LogP contribution in [0.15, 0.2) is 0 Å². The Kier molecular flexibility index (Phi) is 18.6. The van der Waals surface area contributed by atoms with E-state index in [9.17, 15) is 24.8 Å². The molecule has 14 heteroatoms. The molecular weight excluding hydrogens is 431 g/mol. The summed E-state index contributed by atoms with van der Waals surface area (Å²) >= 11 is 0. The first-order valence-electron chi connectivity index (χ1n) is 8.77. The molecule has 1 amide bonds. The van der Waals surface area contributed by atoms with Crippen LogP contribution in [0.5, 0.6) is 0 Å². The van der Waals surface area contributed by atoms with Gasteiger partial charge in [-0.25, -0.2) is 14.9 Å². The van der Waals surface area contributed by atoms with Gasteiger partial charge in [0.1, 0.15) is 6.04 Å². The molecule has 1 heterocycles. The van der Waals surface area contributed by atoms with Crippen molar-refractivity contribution in [1.82, 2.24) is 15.6 Å². The van der Waals surface area contributed by atoms with Gasteiger partial charge in [0.2, 0.25) is 5.91 Å². The summed E-state index contributed by atoms with van der Waals surface area (Å²) in [6, 6.07) is -1.68. The van der Waals surface area contributed by atoms with Crippen LogP contribution >= 0.6 is 24.8 Å². The topological polar surface area (TPSA) is 195 Å². The summed E-state index contributed by atoms with van der Waals surface area (Å²) in [6.07, 6.45) is 1.86. The molecule has 0 bridgehead atoms. The zero-order chi connectivity index (χ0) is 21.0. The second-order valence-corrected chi connectivity index (χ2v) is 6.25. The number of hydrogen-bond acceptors (Lipinski definition) is 7. The van der Waals surface area contributed by atoms with E-state index in [0.717, 1.165) is 6.42 Å². The molecule has 0 aromatic heterocycles. The molecule has 0 spiro atoms. The molecule has 0 aromatic rings. The number of nitrogens with zero attached hydrogens (tertiary/aromatic N) is 2. The summed E-state index contributed by atoms with van der Waals surface area (Å²) in [7, 11) is 0. The minimum atomic E-state index is -1.02. The number of carbonyl (C=O) groups is 2. The number of carbonyl (C=O) groups excluding carboxylic acids is 1. The highest BCUT2D eigenvalue weighted by Crippen LogP contribution is 2.23. The number of nitrogens with two attached hydrogens (primary N) is 1. The smallest absolute Gasteiger partial charge is 0.326 e. The van der Waals surface area contributed by atoms with E-state index in [0.29, 0.717) is 19.4 Å². The highest BCUT2D eigenvalue weighted by Gasteiger charge is 2.36.